The molecule has 112 valence electrons. The minimum absolute atomic E-state index is 0.0914. The van der Waals surface area contributed by atoms with Crippen LogP contribution in [0.5, 0.6) is 5.75 Å². The van der Waals surface area contributed by atoms with Crippen LogP contribution in [0.1, 0.15) is 18.0 Å². The van der Waals surface area contributed by atoms with Crippen molar-refractivity contribution in [3.8, 4) is 5.75 Å². The summed E-state index contributed by atoms with van der Waals surface area (Å²) in [4.78, 5) is 2.14. The SMILES string of the molecule is COc1ccc(N(C)CCC(N)c2ccc(F)cc2)cc1. The van der Waals surface area contributed by atoms with Crippen LogP contribution in [0.4, 0.5) is 10.1 Å². The van der Waals surface area contributed by atoms with E-state index in [1.807, 2.05) is 31.3 Å². The van der Waals surface area contributed by atoms with Crippen molar-refractivity contribution in [1.29, 1.82) is 0 Å². The van der Waals surface area contributed by atoms with Crippen molar-refractivity contribution in [3.05, 3.63) is 59.9 Å². The number of rotatable bonds is 6. The molecule has 2 aromatic rings. The second-order valence-corrected chi connectivity index (χ2v) is 5.07. The molecule has 0 spiro atoms. The predicted octanol–water partition coefficient (Wildman–Crippen LogP) is 3.36. The monoisotopic (exact) mass is 288 g/mol. The van der Waals surface area contributed by atoms with Gasteiger partial charge in [-0.05, 0) is 48.4 Å². The van der Waals surface area contributed by atoms with Crippen LogP contribution < -0.4 is 15.4 Å². The Kier molecular flexibility index (Phi) is 5.17. The van der Waals surface area contributed by atoms with Crippen LogP contribution >= 0.6 is 0 Å². The maximum absolute atomic E-state index is 12.9. The van der Waals surface area contributed by atoms with Gasteiger partial charge in [0.1, 0.15) is 11.6 Å². The summed E-state index contributed by atoms with van der Waals surface area (Å²) in [5, 5.41) is 0. The van der Waals surface area contributed by atoms with Gasteiger partial charge in [0.2, 0.25) is 0 Å². The van der Waals surface area contributed by atoms with Crippen LogP contribution in [0, 0.1) is 5.82 Å². The van der Waals surface area contributed by atoms with Gasteiger partial charge in [0.05, 0.1) is 7.11 Å². The standard InChI is InChI=1S/C17H21FN2O/c1-20(15-7-9-16(21-2)10-8-15)12-11-17(19)13-3-5-14(18)6-4-13/h3-10,17H,11-12,19H2,1-2H3. The van der Waals surface area contributed by atoms with E-state index in [1.54, 1.807) is 19.2 Å². The van der Waals surface area contributed by atoms with Crippen LogP contribution in [0.15, 0.2) is 48.5 Å². The third-order valence-corrected chi connectivity index (χ3v) is 3.59. The fourth-order valence-corrected chi connectivity index (χ4v) is 2.18. The summed E-state index contributed by atoms with van der Waals surface area (Å²) < 4.78 is 18.0. The van der Waals surface area contributed by atoms with Crippen molar-refractivity contribution >= 4 is 5.69 Å². The Hall–Kier alpha value is -2.07. The largest absolute Gasteiger partial charge is 0.497 e. The highest BCUT2D eigenvalue weighted by Gasteiger charge is 2.08. The second kappa shape index (κ2) is 7.09. The number of methoxy groups -OCH3 is 1. The fourth-order valence-electron chi connectivity index (χ4n) is 2.18. The number of ether oxygens (including phenoxy) is 1. The number of hydrogen-bond donors (Lipinski definition) is 1. The first-order valence-electron chi connectivity index (χ1n) is 6.96. The van der Waals surface area contributed by atoms with E-state index in [0.717, 1.165) is 30.0 Å². The van der Waals surface area contributed by atoms with E-state index in [9.17, 15) is 4.39 Å². The highest BCUT2D eigenvalue weighted by Crippen LogP contribution is 2.20. The van der Waals surface area contributed by atoms with Crippen molar-refractivity contribution in [2.75, 3.05) is 25.6 Å². The summed E-state index contributed by atoms with van der Waals surface area (Å²) in [5.41, 5.74) is 8.22. The third kappa shape index (κ3) is 4.20. The van der Waals surface area contributed by atoms with Gasteiger partial charge in [-0.3, -0.25) is 0 Å². The summed E-state index contributed by atoms with van der Waals surface area (Å²) in [5.74, 6) is 0.608. The summed E-state index contributed by atoms with van der Waals surface area (Å²) in [6, 6.07) is 14.2. The lowest BCUT2D eigenvalue weighted by molar-refractivity contribution is 0.415. The zero-order chi connectivity index (χ0) is 15.2. The molecule has 0 aliphatic carbocycles. The minimum Gasteiger partial charge on any atom is -0.497 e. The molecule has 1 atom stereocenters. The number of anilines is 1. The van der Waals surface area contributed by atoms with Crippen LogP contribution in [-0.2, 0) is 0 Å². The smallest absolute Gasteiger partial charge is 0.123 e. The molecule has 0 saturated carbocycles. The first-order valence-corrected chi connectivity index (χ1v) is 6.96. The van der Waals surface area contributed by atoms with Gasteiger partial charge in [-0.15, -0.1) is 0 Å². The van der Waals surface area contributed by atoms with E-state index in [0.29, 0.717) is 0 Å². The molecule has 0 radical (unpaired) electrons. The fraction of sp³-hybridized carbons (Fsp3) is 0.294. The molecular weight excluding hydrogens is 267 g/mol. The van der Waals surface area contributed by atoms with Crippen molar-refractivity contribution in [3.63, 3.8) is 0 Å². The molecule has 0 bridgehead atoms. The Morgan fingerprint density at radius 1 is 1.10 bits per heavy atom. The average molecular weight is 288 g/mol. The van der Waals surface area contributed by atoms with Gasteiger partial charge >= 0.3 is 0 Å². The van der Waals surface area contributed by atoms with Crippen LogP contribution in [0.2, 0.25) is 0 Å². The molecule has 1 unspecified atom stereocenters. The maximum Gasteiger partial charge on any atom is 0.123 e. The Labute approximate surface area is 125 Å². The lowest BCUT2D eigenvalue weighted by Gasteiger charge is -2.22. The Bertz CT molecular complexity index is 554. The van der Waals surface area contributed by atoms with Gasteiger partial charge in [-0.1, -0.05) is 12.1 Å². The van der Waals surface area contributed by atoms with Crippen molar-refractivity contribution in [2.45, 2.75) is 12.5 Å². The number of nitrogens with two attached hydrogens (primary N) is 1. The molecule has 2 rings (SSSR count). The summed E-state index contributed by atoms with van der Waals surface area (Å²) in [6.45, 7) is 0.824. The van der Waals surface area contributed by atoms with Gasteiger partial charge in [-0.25, -0.2) is 4.39 Å². The molecule has 3 nitrogen and oxygen atoms in total. The summed E-state index contributed by atoms with van der Waals surface area (Å²) in [7, 11) is 3.68. The zero-order valence-electron chi connectivity index (χ0n) is 12.4. The Morgan fingerprint density at radius 3 is 2.29 bits per heavy atom. The quantitative estimate of drug-likeness (QED) is 0.886. The van der Waals surface area contributed by atoms with E-state index in [2.05, 4.69) is 4.90 Å². The van der Waals surface area contributed by atoms with Crippen molar-refractivity contribution in [2.24, 2.45) is 5.73 Å². The summed E-state index contributed by atoms with van der Waals surface area (Å²) >= 11 is 0. The van der Waals surface area contributed by atoms with Crippen LogP contribution in [0.25, 0.3) is 0 Å². The Morgan fingerprint density at radius 2 is 1.71 bits per heavy atom. The predicted molar refractivity (Wildman–Crippen MR) is 84.2 cm³/mol. The molecular formula is C17H21FN2O. The molecule has 0 fully saturated rings. The lowest BCUT2D eigenvalue weighted by atomic mass is 10.0. The number of benzene rings is 2. The molecule has 0 aliphatic heterocycles. The van der Waals surface area contributed by atoms with E-state index in [4.69, 9.17) is 10.5 Å². The molecule has 2 aromatic carbocycles. The molecule has 0 aliphatic rings. The van der Waals surface area contributed by atoms with Gasteiger partial charge < -0.3 is 15.4 Å². The van der Waals surface area contributed by atoms with E-state index < -0.39 is 0 Å². The van der Waals surface area contributed by atoms with E-state index >= 15 is 0 Å². The first-order chi connectivity index (χ1) is 10.1. The first kappa shape index (κ1) is 15.3. The molecule has 4 heteroatoms. The molecule has 0 saturated heterocycles. The van der Waals surface area contributed by atoms with Gasteiger partial charge in [0.25, 0.3) is 0 Å². The van der Waals surface area contributed by atoms with Gasteiger partial charge in [0, 0.05) is 25.3 Å². The molecule has 21 heavy (non-hydrogen) atoms. The molecule has 0 amide bonds. The second-order valence-electron chi connectivity index (χ2n) is 5.07. The zero-order valence-corrected chi connectivity index (χ0v) is 12.4. The van der Waals surface area contributed by atoms with Crippen LogP contribution in [-0.4, -0.2) is 20.7 Å². The van der Waals surface area contributed by atoms with Crippen molar-refractivity contribution < 1.29 is 9.13 Å². The molecule has 0 heterocycles. The lowest BCUT2D eigenvalue weighted by Crippen LogP contribution is -2.23. The number of hydrogen-bond acceptors (Lipinski definition) is 3. The maximum atomic E-state index is 12.9. The highest BCUT2D eigenvalue weighted by molar-refractivity contribution is 5.48. The number of nitrogens with zero attached hydrogens (tertiary/aromatic N) is 1. The van der Waals surface area contributed by atoms with Crippen molar-refractivity contribution in [1.82, 2.24) is 0 Å². The minimum atomic E-state index is -0.235. The molecule has 2 N–H and O–H groups in total. The topological polar surface area (TPSA) is 38.5 Å². The van der Waals surface area contributed by atoms with Gasteiger partial charge in [0.15, 0.2) is 0 Å². The summed E-state index contributed by atoms with van der Waals surface area (Å²) in [6.07, 6.45) is 0.800. The van der Waals surface area contributed by atoms with E-state index in [1.165, 1.54) is 12.1 Å². The Balaban J connectivity index is 1.90. The third-order valence-electron chi connectivity index (χ3n) is 3.59. The average Bonchev–Trinajstić information content (AvgIpc) is 2.53. The normalized spacial score (nSPS) is 12.0. The van der Waals surface area contributed by atoms with Crippen LogP contribution in [0.3, 0.4) is 0 Å². The van der Waals surface area contributed by atoms with Gasteiger partial charge in [-0.2, -0.15) is 0 Å². The highest BCUT2D eigenvalue weighted by atomic mass is 19.1. The number of halogens is 1. The molecule has 0 aromatic heterocycles. The van der Waals surface area contributed by atoms with E-state index in [-0.39, 0.29) is 11.9 Å².